The Bertz CT molecular complexity index is 595. The molecule has 2 heteroatoms. The van der Waals surface area contributed by atoms with E-state index >= 15 is 0 Å². The summed E-state index contributed by atoms with van der Waals surface area (Å²) in [4.78, 5) is 0. The van der Waals surface area contributed by atoms with Crippen molar-refractivity contribution in [2.45, 2.75) is 70.6 Å². The lowest BCUT2D eigenvalue weighted by Gasteiger charge is -2.18. The molecule has 0 spiro atoms. The molecule has 0 amide bonds. The van der Waals surface area contributed by atoms with Crippen LogP contribution in [-0.2, 0) is 12.8 Å². The standard InChI is InChI=1S/C24H33FO/c1-2-3-4-5-6-9-18-12-14-23(25)22(18)13-15-24(26)21-16-19-10-7-8-11-20(19)17-21/h5-8,10-11,13,15,18,21-24,26H,2-4,9,12,14,16-17H2,1H3/b6-5-,15-13+. The number of aliphatic hydroxyl groups excluding tert-OH is 1. The lowest BCUT2D eigenvalue weighted by Crippen LogP contribution is -2.20. The molecule has 0 aliphatic heterocycles. The second kappa shape index (κ2) is 9.50. The number of fused-ring (bicyclic) bond motifs is 1. The Morgan fingerprint density at radius 1 is 1.15 bits per heavy atom. The van der Waals surface area contributed by atoms with Crippen molar-refractivity contribution in [2.24, 2.45) is 17.8 Å². The van der Waals surface area contributed by atoms with Gasteiger partial charge in [0, 0.05) is 5.92 Å². The van der Waals surface area contributed by atoms with E-state index in [1.165, 1.54) is 24.0 Å². The zero-order valence-corrected chi connectivity index (χ0v) is 16.0. The SMILES string of the molecule is CCCC/C=C\CC1CCC(F)C1/C=C/C(O)C1Cc2ccccc2C1. The lowest BCUT2D eigenvalue weighted by molar-refractivity contribution is 0.156. The first-order chi connectivity index (χ1) is 12.7. The molecule has 0 aromatic heterocycles. The zero-order valence-electron chi connectivity index (χ0n) is 16.0. The van der Waals surface area contributed by atoms with Gasteiger partial charge in [0.2, 0.25) is 0 Å². The molecule has 1 aromatic carbocycles. The van der Waals surface area contributed by atoms with Crippen molar-refractivity contribution in [3.05, 3.63) is 59.7 Å². The van der Waals surface area contributed by atoms with Crippen molar-refractivity contribution < 1.29 is 9.50 Å². The Hall–Kier alpha value is -1.41. The molecule has 1 N–H and O–H groups in total. The average Bonchev–Trinajstić information content (AvgIpc) is 3.23. The topological polar surface area (TPSA) is 20.2 Å². The summed E-state index contributed by atoms with van der Waals surface area (Å²) in [5, 5.41) is 10.6. The number of rotatable bonds is 8. The van der Waals surface area contributed by atoms with Crippen molar-refractivity contribution in [3.63, 3.8) is 0 Å². The number of unbranched alkanes of at least 4 members (excludes halogenated alkanes) is 2. The molecule has 0 saturated heterocycles. The first-order valence-corrected chi connectivity index (χ1v) is 10.4. The highest BCUT2D eigenvalue weighted by atomic mass is 19.1. The Labute approximate surface area is 158 Å². The highest BCUT2D eigenvalue weighted by molar-refractivity contribution is 5.33. The summed E-state index contributed by atoms with van der Waals surface area (Å²) in [6.45, 7) is 2.20. The third-order valence-corrected chi connectivity index (χ3v) is 6.20. The van der Waals surface area contributed by atoms with E-state index in [4.69, 9.17) is 0 Å². The van der Waals surface area contributed by atoms with E-state index in [1.54, 1.807) is 0 Å². The fourth-order valence-corrected chi connectivity index (χ4v) is 4.55. The number of allylic oxidation sites excluding steroid dienone is 3. The lowest BCUT2D eigenvalue weighted by atomic mass is 9.90. The van der Waals surface area contributed by atoms with Crippen molar-refractivity contribution in [2.75, 3.05) is 0 Å². The van der Waals surface area contributed by atoms with E-state index in [0.29, 0.717) is 12.3 Å². The summed E-state index contributed by atoms with van der Waals surface area (Å²) in [7, 11) is 0. The molecule has 1 fully saturated rings. The fourth-order valence-electron chi connectivity index (χ4n) is 4.55. The maximum Gasteiger partial charge on any atom is 0.107 e. The number of alkyl halides is 1. The zero-order chi connectivity index (χ0) is 18.4. The van der Waals surface area contributed by atoms with Crippen LogP contribution in [0.15, 0.2) is 48.6 Å². The van der Waals surface area contributed by atoms with Crippen LogP contribution in [0.25, 0.3) is 0 Å². The fraction of sp³-hybridized carbons (Fsp3) is 0.583. The third-order valence-electron chi connectivity index (χ3n) is 6.20. The number of aliphatic hydroxyl groups is 1. The molecule has 2 aliphatic carbocycles. The Morgan fingerprint density at radius 2 is 1.88 bits per heavy atom. The maximum absolute atomic E-state index is 14.4. The predicted molar refractivity (Wildman–Crippen MR) is 107 cm³/mol. The minimum Gasteiger partial charge on any atom is -0.389 e. The van der Waals surface area contributed by atoms with Crippen LogP contribution in [0.4, 0.5) is 4.39 Å². The molecule has 26 heavy (non-hydrogen) atoms. The van der Waals surface area contributed by atoms with Gasteiger partial charge in [0.05, 0.1) is 6.10 Å². The average molecular weight is 357 g/mol. The summed E-state index contributed by atoms with van der Waals surface area (Å²) in [6.07, 6.45) is 15.1. The molecule has 0 heterocycles. The first kappa shape index (κ1) is 19.4. The smallest absolute Gasteiger partial charge is 0.107 e. The Balaban J connectivity index is 1.53. The molecule has 3 rings (SSSR count). The van der Waals surface area contributed by atoms with Gasteiger partial charge in [0.1, 0.15) is 6.17 Å². The van der Waals surface area contributed by atoms with Gasteiger partial charge in [-0.2, -0.15) is 0 Å². The molecular formula is C24H33FO. The van der Waals surface area contributed by atoms with Crippen LogP contribution >= 0.6 is 0 Å². The molecule has 1 saturated carbocycles. The molecule has 142 valence electrons. The van der Waals surface area contributed by atoms with E-state index < -0.39 is 12.3 Å². The van der Waals surface area contributed by atoms with Crippen LogP contribution < -0.4 is 0 Å². The van der Waals surface area contributed by atoms with E-state index in [9.17, 15) is 9.50 Å². The number of halogens is 1. The van der Waals surface area contributed by atoms with Crippen LogP contribution in [0.3, 0.4) is 0 Å². The summed E-state index contributed by atoms with van der Waals surface area (Å²) < 4.78 is 14.4. The van der Waals surface area contributed by atoms with Crippen LogP contribution in [0, 0.1) is 17.8 Å². The van der Waals surface area contributed by atoms with E-state index in [-0.39, 0.29) is 11.8 Å². The van der Waals surface area contributed by atoms with Crippen molar-refractivity contribution >= 4 is 0 Å². The molecule has 2 aliphatic rings. The summed E-state index contributed by atoms with van der Waals surface area (Å²) in [5.41, 5.74) is 2.70. The second-order valence-electron chi connectivity index (χ2n) is 8.09. The number of hydrogen-bond acceptors (Lipinski definition) is 1. The van der Waals surface area contributed by atoms with E-state index in [1.807, 2.05) is 12.2 Å². The second-order valence-corrected chi connectivity index (χ2v) is 8.09. The number of hydrogen-bond donors (Lipinski definition) is 1. The summed E-state index contributed by atoms with van der Waals surface area (Å²) in [6, 6.07) is 8.44. The molecular weight excluding hydrogens is 323 g/mol. The van der Waals surface area contributed by atoms with Gasteiger partial charge in [-0.05, 0) is 61.5 Å². The third kappa shape index (κ3) is 4.85. The van der Waals surface area contributed by atoms with Crippen LogP contribution in [0.5, 0.6) is 0 Å². The van der Waals surface area contributed by atoms with E-state index in [2.05, 4.69) is 43.3 Å². The molecule has 1 aromatic rings. The number of benzene rings is 1. The minimum atomic E-state index is -0.756. The van der Waals surface area contributed by atoms with Gasteiger partial charge in [-0.25, -0.2) is 4.39 Å². The Morgan fingerprint density at radius 3 is 2.58 bits per heavy atom. The molecule has 4 unspecified atom stereocenters. The summed E-state index contributed by atoms with van der Waals surface area (Å²) >= 11 is 0. The molecule has 0 bridgehead atoms. The minimum absolute atomic E-state index is 0.0377. The normalized spacial score (nSPS) is 27.6. The van der Waals surface area contributed by atoms with Crippen LogP contribution in [0.2, 0.25) is 0 Å². The first-order valence-electron chi connectivity index (χ1n) is 10.4. The Kier molecular flexibility index (Phi) is 7.07. The summed E-state index contributed by atoms with van der Waals surface area (Å²) in [5.74, 6) is 0.576. The van der Waals surface area contributed by atoms with Crippen LogP contribution in [0.1, 0.15) is 56.6 Å². The molecule has 0 radical (unpaired) electrons. The predicted octanol–water partition coefficient (Wildman–Crippen LogP) is 5.82. The van der Waals surface area contributed by atoms with Gasteiger partial charge in [-0.3, -0.25) is 0 Å². The van der Waals surface area contributed by atoms with Crippen molar-refractivity contribution in [3.8, 4) is 0 Å². The quantitative estimate of drug-likeness (QED) is 0.460. The highest BCUT2D eigenvalue weighted by Crippen LogP contribution is 2.38. The van der Waals surface area contributed by atoms with Crippen LogP contribution in [-0.4, -0.2) is 17.4 Å². The van der Waals surface area contributed by atoms with Gasteiger partial charge in [0.15, 0.2) is 0 Å². The highest BCUT2D eigenvalue weighted by Gasteiger charge is 2.34. The van der Waals surface area contributed by atoms with Gasteiger partial charge in [-0.15, -0.1) is 0 Å². The maximum atomic E-state index is 14.4. The van der Waals surface area contributed by atoms with Crippen molar-refractivity contribution in [1.82, 2.24) is 0 Å². The molecule has 1 nitrogen and oxygen atoms in total. The van der Waals surface area contributed by atoms with Gasteiger partial charge >= 0.3 is 0 Å². The largest absolute Gasteiger partial charge is 0.389 e. The van der Waals surface area contributed by atoms with Gasteiger partial charge < -0.3 is 5.11 Å². The van der Waals surface area contributed by atoms with Crippen molar-refractivity contribution in [1.29, 1.82) is 0 Å². The molecule has 4 atom stereocenters. The van der Waals surface area contributed by atoms with Gasteiger partial charge in [0.25, 0.3) is 0 Å². The van der Waals surface area contributed by atoms with E-state index in [0.717, 1.165) is 32.1 Å². The monoisotopic (exact) mass is 356 g/mol. The van der Waals surface area contributed by atoms with Gasteiger partial charge in [-0.1, -0.05) is 68.3 Å².